The van der Waals surface area contributed by atoms with Gasteiger partial charge in [0, 0.05) is 23.5 Å². The van der Waals surface area contributed by atoms with Crippen molar-refractivity contribution in [1.29, 1.82) is 0 Å². The van der Waals surface area contributed by atoms with E-state index in [2.05, 4.69) is 15.0 Å². The van der Waals surface area contributed by atoms with Crippen LogP contribution in [0, 0.1) is 0 Å². The first kappa shape index (κ1) is 16.8. The van der Waals surface area contributed by atoms with Crippen molar-refractivity contribution in [2.24, 2.45) is 0 Å². The number of ether oxygens (including phenoxy) is 3. The minimum atomic E-state index is 0.364. The highest BCUT2D eigenvalue weighted by molar-refractivity contribution is 7.17. The molecule has 2 aromatic heterocycles. The van der Waals surface area contributed by atoms with Crippen molar-refractivity contribution in [2.75, 3.05) is 21.3 Å². The first-order valence-electron chi connectivity index (χ1n) is 7.23. The lowest BCUT2D eigenvalue weighted by atomic mass is 10.1. The normalized spacial score (nSPS) is 10.4. The van der Waals surface area contributed by atoms with E-state index in [1.807, 2.05) is 0 Å². The van der Waals surface area contributed by atoms with Crippen LogP contribution in [0.4, 0.5) is 0 Å². The maximum Gasteiger partial charge on any atom is 0.203 e. The van der Waals surface area contributed by atoms with Gasteiger partial charge in [-0.15, -0.1) is 11.3 Å². The minimum absolute atomic E-state index is 0.364. The molecule has 0 amide bonds. The number of thiazole rings is 1. The van der Waals surface area contributed by atoms with Gasteiger partial charge < -0.3 is 14.2 Å². The zero-order chi connectivity index (χ0) is 17.8. The highest BCUT2D eigenvalue weighted by atomic mass is 32.1. The first-order valence-corrected chi connectivity index (χ1v) is 8.05. The van der Waals surface area contributed by atoms with Gasteiger partial charge in [-0.2, -0.15) is 0 Å². The van der Waals surface area contributed by atoms with Gasteiger partial charge in [-0.05, 0) is 12.1 Å². The van der Waals surface area contributed by atoms with Crippen LogP contribution in [0.5, 0.6) is 17.2 Å². The molecule has 1 aromatic carbocycles. The van der Waals surface area contributed by atoms with Crippen molar-refractivity contribution in [3.63, 3.8) is 0 Å². The Balaban J connectivity index is 2.23. The van der Waals surface area contributed by atoms with Gasteiger partial charge in [-0.1, -0.05) is 0 Å². The van der Waals surface area contributed by atoms with Gasteiger partial charge in [0.25, 0.3) is 0 Å². The summed E-state index contributed by atoms with van der Waals surface area (Å²) in [7, 11) is 4.63. The fourth-order valence-corrected chi connectivity index (χ4v) is 3.29. The fraction of sp³-hybridized carbons (Fsp3) is 0.176. The molecule has 0 radical (unpaired) electrons. The number of hydrogen-bond donors (Lipinski definition) is 0. The molecule has 3 aromatic rings. The average molecular weight is 357 g/mol. The van der Waals surface area contributed by atoms with E-state index >= 15 is 0 Å². The quantitative estimate of drug-likeness (QED) is 0.627. The Hall–Kier alpha value is -3.00. The molecule has 0 aliphatic carbocycles. The molecule has 0 aliphatic rings. The van der Waals surface area contributed by atoms with Crippen molar-refractivity contribution in [3.8, 4) is 38.9 Å². The molecule has 2 heterocycles. The number of carbonyl (C=O) groups excluding carboxylic acids is 1. The molecule has 3 rings (SSSR count). The van der Waals surface area contributed by atoms with Crippen LogP contribution in [0.3, 0.4) is 0 Å². The Morgan fingerprint density at radius 2 is 1.60 bits per heavy atom. The van der Waals surface area contributed by atoms with E-state index < -0.39 is 0 Å². The number of aromatic nitrogens is 3. The summed E-state index contributed by atoms with van der Waals surface area (Å²) >= 11 is 1.27. The van der Waals surface area contributed by atoms with E-state index in [4.69, 9.17) is 14.2 Å². The zero-order valence-electron chi connectivity index (χ0n) is 13.8. The van der Waals surface area contributed by atoms with Gasteiger partial charge >= 0.3 is 0 Å². The van der Waals surface area contributed by atoms with Crippen molar-refractivity contribution in [2.45, 2.75) is 0 Å². The van der Waals surface area contributed by atoms with E-state index in [0.29, 0.717) is 28.0 Å². The van der Waals surface area contributed by atoms with Gasteiger partial charge in [0.05, 0.1) is 31.9 Å². The SMILES string of the molecule is COc1cc(-c2nc(C=O)sc2-c2cncnc2)cc(OC)c1OC. The molecular formula is C17H15N3O4S. The van der Waals surface area contributed by atoms with Gasteiger partial charge in [-0.25, -0.2) is 15.0 Å². The molecule has 8 heteroatoms. The minimum Gasteiger partial charge on any atom is -0.493 e. The largest absolute Gasteiger partial charge is 0.493 e. The topological polar surface area (TPSA) is 83.4 Å². The lowest BCUT2D eigenvalue weighted by Gasteiger charge is -2.14. The third-order valence-corrected chi connectivity index (χ3v) is 4.54. The number of hydrogen-bond acceptors (Lipinski definition) is 8. The third-order valence-electron chi connectivity index (χ3n) is 3.51. The Bertz CT molecular complexity index is 871. The number of nitrogens with zero attached hydrogens (tertiary/aromatic N) is 3. The fourth-order valence-electron chi connectivity index (χ4n) is 2.41. The summed E-state index contributed by atoms with van der Waals surface area (Å²) in [5, 5.41) is 0.364. The molecule has 0 atom stereocenters. The first-order chi connectivity index (χ1) is 12.2. The van der Waals surface area contributed by atoms with E-state index in [-0.39, 0.29) is 0 Å². The molecule has 0 fully saturated rings. The third kappa shape index (κ3) is 3.16. The van der Waals surface area contributed by atoms with Crippen LogP contribution in [0.1, 0.15) is 9.80 Å². The zero-order valence-corrected chi connectivity index (χ0v) is 14.7. The second-order valence-corrected chi connectivity index (χ2v) is 5.92. The summed E-state index contributed by atoms with van der Waals surface area (Å²) in [6.45, 7) is 0. The second-order valence-electron chi connectivity index (χ2n) is 4.89. The van der Waals surface area contributed by atoms with Crippen LogP contribution in [-0.2, 0) is 0 Å². The molecule has 128 valence electrons. The van der Waals surface area contributed by atoms with Crippen LogP contribution in [0.2, 0.25) is 0 Å². The highest BCUT2D eigenvalue weighted by Crippen LogP contribution is 2.44. The van der Waals surface area contributed by atoms with Gasteiger partial charge in [-0.3, -0.25) is 4.79 Å². The summed E-state index contributed by atoms with van der Waals surface area (Å²) in [6, 6.07) is 3.58. The number of aldehydes is 1. The summed E-state index contributed by atoms with van der Waals surface area (Å²) in [5.41, 5.74) is 2.13. The summed E-state index contributed by atoms with van der Waals surface area (Å²) in [4.78, 5) is 24.5. The van der Waals surface area contributed by atoms with E-state index in [1.165, 1.54) is 17.7 Å². The number of methoxy groups -OCH3 is 3. The van der Waals surface area contributed by atoms with Crippen molar-refractivity contribution >= 4 is 17.6 Å². The van der Waals surface area contributed by atoms with Crippen LogP contribution in [0.25, 0.3) is 21.7 Å². The van der Waals surface area contributed by atoms with E-state index in [1.54, 1.807) is 45.9 Å². The van der Waals surface area contributed by atoms with E-state index in [0.717, 1.165) is 22.3 Å². The van der Waals surface area contributed by atoms with Gasteiger partial charge in [0.15, 0.2) is 22.8 Å². The van der Waals surface area contributed by atoms with Crippen molar-refractivity contribution in [1.82, 2.24) is 15.0 Å². The van der Waals surface area contributed by atoms with Crippen molar-refractivity contribution < 1.29 is 19.0 Å². The smallest absolute Gasteiger partial charge is 0.203 e. The highest BCUT2D eigenvalue weighted by Gasteiger charge is 2.20. The Kier molecular flexibility index (Phi) is 4.90. The van der Waals surface area contributed by atoms with Gasteiger partial charge in [0.1, 0.15) is 6.33 Å². The summed E-state index contributed by atoms with van der Waals surface area (Å²) in [5.74, 6) is 1.50. The van der Waals surface area contributed by atoms with Crippen LogP contribution < -0.4 is 14.2 Å². The predicted octanol–water partition coefficient (Wildman–Crippen LogP) is 3.11. The molecule has 0 bridgehead atoms. The Labute approximate surface area is 148 Å². The molecule has 7 nitrogen and oxygen atoms in total. The molecule has 0 N–H and O–H groups in total. The van der Waals surface area contributed by atoms with E-state index in [9.17, 15) is 4.79 Å². The molecule has 0 saturated carbocycles. The van der Waals surface area contributed by atoms with Crippen LogP contribution in [0.15, 0.2) is 30.9 Å². The monoisotopic (exact) mass is 357 g/mol. The molecule has 0 saturated heterocycles. The lowest BCUT2D eigenvalue weighted by Crippen LogP contribution is -1.96. The van der Waals surface area contributed by atoms with Gasteiger partial charge in [0.2, 0.25) is 5.75 Å². The Morgan fingerprint density at radius 1 is 0.960 bits per heavy atom. The average Bonchev–Trinajstić information content (AvgIpc) is 3.12. The number of carbonyl (C=O) groups is 1. The van der Waals surface area contributed by atoms with Crippen LogP contribution >= 0.6 is 11.3 Å². The molecule has 25 heavy (non-hydrogen) atoms. The summed E-state index contributed by atoms with van der Waals surface area (Å²) < 4.78 is 16.1. The molecular weight excluding hydrogens is 342 g/mol. The second kappa shape index (κ2) is 7.27. The van der Waals surface area contributed by atoms with Crippen LogP contribution in [-0.4, -0.2) is 42.6 Å². The standard InChI is InChI=1S/C17H15N3O4S/c1-22-12-4-10(5-13(23-2)16(12)24-3)15-17(25-14(8-21)20-15)11-6-18-9-19-7-11/h4-9H,1-3H3. The number of benzene rings is 1. The maximum atomic E-state index is 11.2. The maximum absolute atomic E-state index is 11.2. The molecule has 0 aliphatic heterocycles. The molecule has 0 spiro atoms. The lowest BCUT2D eigenvalue weighted by molar-refractivity contribution is 0.112. The Morgan fingerprint density at radius 3 is 2.12 bits per heavy atom. The molecule has 0 unspecified atom stereocenters. The summed E-state index contributed by atoms with van der Waals surface area (Å²) in [6.07, 6.45) is 5.52. The predicted molar refractivity (Wildman–Crippen MR) is 93.6 cm³/mol. The number of rotatable bonds is 6. The van der Waals surface area contributed by atoms with Crippen molar-refractivity contribution in [3.05, 3.63) is 35.9 Å².